The molecule has 0 saturated heterocycles. The first-order valence-corrected chi connectivity index (χ1v) is 7.74. The molecule has 2 atom stereocenters. The van der Waals surface area contributed by atoms with Gasteiger partial charge in [0.1, 0.15) is 0 Å². The van der Waals surface area contributed by atoms with E-state index in [-0.39, 0.29) is 10.9 Å². The van der Waals surface area contributed by atoms with Crippen molar-refractivity contribution in [3.05, 3.63) is 42.0 Å². The molecular weight excluding hydrogens is 288 g/mol. The van der Waals surface area contributed by atoms with Crippen molar-refractivity contribution in [3.8, 4) is 0 Å². The summed E-state index contributed by atoms with van der Waals surface area (Å²) in [5.41, 5.74) is 1.18. The van der Waals surface area contributed by atoms with Crippen LogP contribution in [-0.4, -0.2) is 16.0 Å². The van der Waals surface area contributed by atoms with Gasteiger partial charge in [-0.2, -0.15) is 0 Å². The molecule has 0 bridgehead atoms. The Morgan fingerprint density at radius 2 is 1.78 bits per heavy atom. The fourth-order valence-corrected chi connectivity index (χ4v) is 3.20. The van der Waals surface area contributed by atoms with Gasteiger partial charge in [0.05, 0.1) is 10.9 Å². The van der Waals surface area contributed by atoms with E-state index in [0.29, 0.717) is 5.92 Å². The van der Waals surface area contributed by atoms with Gasteiger partial charge in [0.25, 0.3) is 0 Å². The van der Waals surface area contributed by atoms with Gasteiger partial charge in [-0.25, -0.2) is 0 Å². The molecule has 18 heavy (non-hydrogen) atoms. The lowest BCUT2D eigenvalue weighted by molar-refractivity contribution is 0.0930. The number of benzene rings is 1. The molecule has 0 amide bonds. The first-order chi connectivity index (χ1) is 8.77. The number of aliphatic hydroxyl groups excluding tert-OH is 1. The van der Waals surface area contributed by atoms with Crippen molar-refractivity contribution in [1.29, 1.82) is 0 Å². The molecule has 1 aromatic rings. The van der Waals surface area contributed by atoms with E-state index in [9.17, 15) is 5.11 Å². The second kappa shape index (κ2) is 7.10. The summed E-state index contributed by atoms with van der Waals surface area (Å²) in [6.45, 7) is 0. The first kappa shape index (κ1) is 13.8. The van der Waals surface area contributed by atoms with Crippen LogP contribution in [0.25, 0.3) is 6.08 Å². The highest BCUT2D eigenvalue weighted by atomic mass is 79.9. The summed E-state index contributed by atoms with van der Waals surface area (Å²) < 4.78 is 0. The summed E-state index contributed by atoms with van der Waals surface area (Å²) in [6, 6.07) is 10.2. The van der Waals surface area contributed by atoms with Crippen molar-refractivity contribution in [2.45, 2.75) is 43.0 Å². The molecule has 0 unspecified atom stereocenters. The zero-order chi connectivity index (χ0) is 12.8. The highest BCUT2D eigenvalue weighted by molar-refractivity contribution is 9.09. The Hall–Kier alpha value is -0.600. The largest absolute Gasteiger partial charge is 0.391 e. The van der Waals surface area contributed by atoms with E-state index < -0.39 is 0 Å². The highest BCUT2D eigenvalue weighted by Gasteiger charge is 2.25. The highest BCUT2D eigenvalue weighted by Crippen LogP contribution is 2.30. The van der Waals surface area contributed by atoms with Crippen LogP contribution in [0.15, 0.2) is 36.4 Å². The fourth-order valence-electron chi connectivity index (χ4n) is 2.62. The van der Waals surface area contributed by atoms with Crippen LogP contribution in [0.3, 0.4) is 0 Å². The number of rotatable bonds is 4. The van der Waals surface area contributed by atoms with Gasteiger partial charge in [0.2, 0.25) is 0 Å². The molecule has 0 aromatic heterocycles. The molecule has 0 spiro atoms. The van der Waals surface area contributed by atoms with Crippen molar-refractivity contribution in [2.75, 3.05) is 0 Å². The Bertz CT molecular complexity index is 368. The summed E-state index contributed by atoms with van der Waals surface area (Å²) in [4.78, 5) is 0.0563. The Labute approximate surface area is 118 Å². The molecular formula is C16H21BrO. The third-order valence-corrected chi connectivity index (χ3v) is 4.58. The monoisotopic (exact) mass is 308 g/mol. The Morgan fingerprint density at radius 3 is 2.44 bits per heavy atom. The normalized spacial score (nSPS) is 21.0. The fraction of sp³-hybridized carbons (Fsp3) is 0.500. The van der Waals surface area contributed by atoms with Crippen LogP contribution in [0, 0.1) is 5.92 Å². The smallest absolute Gasteiger partial charge is 0.0728 e. The quantitative estimate of drug-likeness (QED) is 0.817. The van der Waals surface area contributed by atoms with Gasteiger partial charge >= 0.3 is 0 Å². The number of halogens is 1. The third kappa shape index (κ3) is 3.96. The second-order valence-corrected chi connectivity index (χ2v) is 6.16. The molecule has 1 aromatic carbocycles. The van der Waals surface area contributed by atoms with Gasteiger partial charge in [-0.1, -0.05) is 77.7 Å². The van der Waals surface area contributed by atoms with Gasteiger partial charge in [-0.15, -0.1) is 0 Å². The molecule has 1 nitrogen and oxygen atoms in total. The van der Waals surface area contributed by atoms with E-state index in [0.717, 1.165) is 0 Å². The average molecular weight is 309 g/mol. The molecule has 1 fully saturated rings. The van der Waals surface area contributed by atoms with Gasteiger partial charge in [0, 0.05) is 0 Å². The lowest BCUT2D eigenvalue weighted by Crippen LogP contribution is -2.29. The van der Waals surface area contributed by atoms with Crippen molar-refractivity contribution in [3.63, 3.8) is 0 Å². The van der Waals surface area contributed by atoms with E-state index >= 15 is 0 Å². The molecule has 0 radical (unpaired) electrons. The maximum Gasteiger partial charge on any atom is 0.0728 e. The van der Waals surface area contributed by atoms with Crippen molar-refractivity contribution >= 4 is 22.0 Å². The molecule has 2 heteroatoms. The average Bonchev–Trinajstić information content (AvgIpc) is 2.46. The first-order valence-electron chi connectivity index (χ1n) is 6.83. The summed E-state index contributed by atoms with van der Waals surface area (Å²) in [5, 5.41) is 10.3. The zero-order valence-corrected chi connectivity index (χ0v) is 12.2. The van der Waals surface area contributed by atoms with Crippen LogP contribution in [-0.2, 0) is 0 Å². The molecule has 0 heterocycles. The van der Waals surface area contributed by atoms with Gasteiger partial charge in [0.15, 0.2) is 0 Å². The molecule has 1 aliphatic carbocycles. The number of alkyl halides is 1. The third-order valence-electron chi connectivity index (χ3n) is 3.73. The van der Waals surface area contributed by atoms with Crippen LogP contribution in [0.4, 0.5) is 0 Å². The lowest BCUT2D eigenvalue weighted by atomic mass is 9.84. The van der Waals surface area contributed by atoms with E-state index in [1.54, 1.807) is 0 Å². The van der Waals surface area contributed by atoms with E-state index in [4.69, 9.17) is 0 Å². The summed E-state index contributed by atoms with van der Waals surface area (Å²) >= 11 is 3.60. The SMILES string of the molecule is O[C@H](C1CCCCC1)[C@@H](Br)/C=C/c1ccccc1. The molecule has 98 valence electrons. The predicted molar refractivity (Wildman–Crippen MR) is 80.8 cm³/mol. The maximum absolute atomic E-state index is 10.3. The van der Waals surface area contributed by atoms with Crippen LogP contribution in [0.5, 0.6) is 0 Å². The molecule has 1 saturated carbocycles. The molecule has 1 aliphatic rings. The number of hydrogen-bond acceptors (Lipinski definition) is 1. The Kier molecular flexibility index (Phi) is 5.45. The summed E-state index contributed by atoms with van der Waals surface area (Å²) in [7, 11) is 0. The van der Waals surface area contributed by atoms with E-state index in [1.807, 2.05) is 18.2 Å². The Morgan fingerprint density at radius 1 is 1.11 bits per heavy atom. The van der Waals surface area contributed by atoms with E-state index in [1.165, 1.54) is 37.7 Å². The minimum absolute atomic E-state index is 0.0563. The van der Waals surface area contributed by atoms with Crippen molar-refractivity contribution in [2.24, 2.45) is 5.92 Å². The summed E-state index contributed by atoms with van der Waals surface area (Å²) in [6.07, 6.45) is 10.1. The van der Waals surface area contributed by atoms with Crippen molar-refractivity contribution < 1.29 is 5.11 Å². The molecule has 1 N–H and O–H groups in total. The topological polar surface area (TPSA) is 20.2 Å². The maximum atomic E-state index is 10.3. The number of aliphatic hydroxyl groups is 1. The molecule has 2 rings (SSSR count). The minimum atomic E-state index is -0.259. The van der Waals surface area contributed by atoms with E-state index in [2.05, 4.69) is 40.2 Å². The second-order valence-electron chi connectivity index (χ2n) is 5.10. The summed E-state index contributed by atoms with van der Waals surface area (Å²) in [5.74, 6) is 0.462. The minimum Gasteiger partial charge on any atom is -0.391 e. The van der Waals surface area contributed by atoms with Crippen LogP contribution in [0.2, 0.25) is 0 Å². The number of hydrogen-bond donors (Lipinski definition) is 1. The predicted octanol–water partition coefficient (Wildman–Crippen LogP) is 4.40. The zero-order valence-electron chi connectivity index (χ0n) is 10.6. The Balaban J connectivity index is 1.90. The standard InChI is InChI=1S/C16H21BrO/c17-15(12-11-13-7-3-1-4-8-13)16(18)14-9-5-2-6-10-14/h1,3-4,7-8,11-12,14-16,18H,2,5-6,9-10H2/b12-11+/t15-,16+/m0/s1. The lowest BCUT2D eigenvalue weighted by Gasteiger charge is -2.28. The van der Waals surface area contributed by atoms with Gasteiger partial charge < -0.3 is 5.11 Å². The van der Waals surface area contributed by atoms with Gasteiger partial charge in [-0.3, -0.25) is 0 Å². The molecule has 0 aliphatic heterocycles. The van der Waals surface area contributed by atoms with Crippen LogP contribution >= 0.6 is 15.9 Å². The van der Waals surface area contributed by atoms with Crippen LogP contribution < -0.4 is 0 Å². The van der Waals surface area contributed by atoms with Gasteiger partial charge in [-0.05, 0) is 24.3 Å². The van der Waals surface area contributed by atoms with Crippen molar-refractivity contribution in [1.82, 2.24) is 0 Å². The van der Waals surface area contributed by atoms with Crippen LogP contribution in [0.1, 0.15) is 37.7 Å².